The molecule has 4 nitrogen and oxygen atoms in total. The Balaban J connectivity index is 1.78. The number of hydrogen-bond acceptors (Lipinski definition) is 4. The average molecular weight is 351 g/mol. The van der Waals surface area contributed by atoms with E-state index in [2.05, 4.69) is 4.98 Å². The fourth-order valence-corrected chi connectivity index (χ4v) is 2.80. The lowest BCUT2D eigenvalue weighted by atomic mass is 9.90. The molecule has 1 heterocycles. The number of rotatable bonds is 6. The molecule has 0 radical (unpaired) electrons. The molecule has 0 unspecified atom stereocenters. The molecule has 0 saturated heterocycles. The number of carbonyl (C=O) groups is 1. The van der Waals surface area contributed by atoms with Gasteiger partial charge in [-0.3, -0.25) is 4.79 Å². The number of Topliss-reactive ketones (excluding diaryl/α,β-unsaturated/α-hetero) is 1. The maximum Gasteiger partial charge on any atom is 0.255 e. The van der Waals surface area contributed by atoms with Crippen molar-refractivity contribution in [2.75, 3.05) is 6.61 Å². The highest BCUT2D eigenvalue weighted by Crippen LogP contribution is 2.58. The zero-order valence-electron chi connectivity index (χ0n) is 13.4. The van der Waals surface area contributed by atoms with Crippen LogP contribution in [0.15, 0.2) is 36.5 Å². The summed E-state index contributed by atoms with van der Waals surface area (Å²) >= 11 is 0. The first-order chi connectivity index (χ1) is 11.8. The Labute approximate surface area is 142 Å². The molecule has 1 aromatic carbocycles. The predicted molar refractivity (Wildman–Crippen MR) is 83.7 cm³/mol. The van der Waals surface area contributed by atoms with E-state index in [0.717, 1.165) is 19.2 Å². The van der Waals surface area contributed by atoms with Crippen molar-refractivity contribution in [2.24, 2.45) is 0 Å². The molecule has 0 amide bonds. The van der Waals surface area contributed by atoms with Gasteiger partial charge in [0, 0.05) is 18.7 Å². The fraction of sp³-hybridized carbons (Fsp3) is 0.333. The van der Waals surface area contributed by atoms with Gasteiger partial charge in [0.2, 0.25) is 0 Å². The number of benzene rings is 1. The Bertz CT molecular complexity index is 796. The van der Waals surface area contributed by atoms with Crippen LogP contribution in [0.4, 0.5) is 13.2 Å². The van der Waals surface area contributed by atoms with Crippen molar-refractivity contribution in [1.82, 2.24) is 4.98 Å². The van der Waals surface area contributed by atoms with Crippen molar-refractivity contribution >= 4 is 5.78 Å². The summed E-state index contributed by atoms with van der Waals surface area (Å²) in [6, 6.07) is 6.97. The number of pyridine rings is 1. The Morgan fingerprint density at radius 3 is 2.44 bits per heavy atom. The zero-order valence-corrected chi connectivity index (χ0v) is 13.4. The molecule has 7 heteroatoms. The zero-order chi connectivity index (χ0) is 18.2. The molecule has 3 rings (SSSR count). The van der Waals surface area contributed by atoms with Crippen molar-refractivity contribution in [3.05, 3.63) is 53.5 Å². The highest BCUT2D eigenvalue weighted by Gasteiger charge is 2.59. The molecule has 0 aliphatic heterocycles. The van der Waals surface area contributed by atoms with Gasteiger partial charge in [0.1, 0.15) is 12.4 Å². The number of nitrogens with zero attached hydrogens (tertiary/aromatic N) is 1. The van der Waals surface area contributed by atoms with Crippen molar-refractivity contribution in [2.45, 2.75) is 31.1 Å². The summed E-state index contributed by atoms with van der Waals surface area (Å²) < 4.78 is 46.7. The third-order valence-electron chi connectivity index (χ3n) is 4.48. The molecule has 1 saturated carbocycles. The van der Waals surface area contributed by atoms with E-state index in [-0.39, 0.29) is 17.2 Å². The maximum absolute atomic E-state index is 13.9. The number of hydrogen-bond donors (Lipinski definition) is 1. The average Bonchev–Trinajstić information content (AvgIpc) is 3.38. The monoisotopic (exact) mass is 351 g/mol. The van der Waals surface area contributed by atoms with Crippen LogP contribution in [-0.2, 0) is 5.41 Å². The highest BCUT2D eigenvalue weighted by molar-refractivity contribution is 5.96. The molecule has 1 fully saturated rings. The molecule has 0 spiro atoms. The molecule has 2 aromatic rings. The minimum Gasteiger partial charge on any atom is -0.436 e. The summed E-state index contributed by atoms with van der Waals surface area (Å²) in [5.74, 6) is -4.42. The summed E-state index contributed by atoms with van der Waals surface area (Å²) in [4.78, 5) is 15.0. The van der Waals surface area contributed by atoms with Crippen LogP contribution in [0.1, 0.15) is 35.7 Å². The second-order valence-electron chi connectivity index (χ2n) is 6.19. The van der Waals surface area contributed by atoms with Gasteiger partial charge >= 0.3 is 0 Å². The molecule has 1 aromatic heterocycles. The Kier molecular flexibility index (Phi) is 4.28. The number of carbonyl (C=O) groups excluding carboxylic acids is 1. The first-order valence-corrected chi connectivity index (χ1v) is 7.73. The van der Waals surface area contributed by atoms with Crippen LogP contribution in [0.2, 0.25) is 0 Å². The van der Waals surface area contributed by atoms with Gasteiger partial charge in [-0.15, -0.1) is 0 Å². The van der Waals surface area contributed by atoms with Crippen LogP contribution in [0, 0.1) is 5.82 Å². The molecular weight excluding hydrogens is 335 g/mol. The van der Waals surface area contributed by atoms with Crippen molar-refractivity contribution in [1.29, 1.82) is 0 Å². The Morgan fingerprint density at radius 1 is 1.32 bits per heavy atom. The van der Waals surface area contributed by atoms with E-state index in [0.29, 0.717) is 18.4 Å². The minimum absolute atomic E-state index is 0.0662. The van der Waals surface area contributed by atoms with E-state index in [1.165, 1.54) is 12.1 Å². The van der Waals surface area contributed by atoms with Crippen molar-refractivity contribution < 1.29 is 27.8 Å². The van der Waals surface area contributed by atoms with Gasteiger partial charge in [0.05, 0.1) is 5.41 Å². The lowest BCUT2D eigenvalue weighted by Crippen LogP contribution is -2.29. The van der Waals surface area contributed by atoms with Crippen LogP contribution >= 0.6 is 0 Å². The number of alkyl halides is 2. The summed E-state index contributed by atoms with van der Waals surface area (Å²) in [5.41, 5.74) is -0.672. The molecule has 1 aliphatic rings. The van der Waals surface area contributed by atoms with Crippen LogP contribution < -0.4 is 4.74 Å². The van der Waals surface area contributed by atoms with E-state index in [4.69, 9.17) is 9.84 Å². The largest absolute Gasteiger partial charge is 0.436 e. The SMILES string of the molecule is CC(F)(F)C1(c2ccc(Oc3ncc(C(=O)CO)cc3F)cc2)CC1. The van der Waals surface area contributed by atoms with Crippen LogP contribution in [-0.4, -0.2) is 28.4 Å². The molecule has 1 N–H and O–H groups in total. The highest BCUT2D eigenvalue weighted by atomic mass is 19.3. The number of halogens is 3. The second-order valence-corrected chi connectivity index (χ2v) is 6.19. The quantitative estimate of drug-likeness (QED) is 0.803. The number of aromatic nitrogens is 1. The van der Waals surface area contributed by atoms with Crippen molar-refractivity contribution in [3.8, 4) is 11.6 Å². The van der Waals surface area contributed by atoms with E-state index in [1.807, 2.05) is 0 Å². The normalized spacial score (nSPS) is 15.7. The van der Waals surface area contributed by atoms with Crippen LogP contribution in [0.25, 0.3) is 0 Å². The van der Waals surface area contributed by atoms with Crippen molar-refractivity contribution in [3.63, 3.8) is 0 Å². The lowest BCUT2D eigenvalue weighted by molar-refractivity contribution is -0.0200. The topological polar surface area (TPSA) is 59.4 Å². The smallest absolute Gasteiger partial charge is 0.255 e. The minimum atomic E-state index is -2.81. The van der Waals surface area contributed by atoms with E-state index in [9.17, 15) is 18.0 Å². The van der Waals surface area contributed by atoms with Crippen LogP contribution in [0.3, 0.4) is 0 Å². The lowest BCUT2D eigenvalue weighted by Gasteiger charge is -2.23. The van der Waals surface area contributed by atoms with Gasteiger partial charge in [-0.1, -0.05) is 12.1 Å². The summed E-state index contributed by atoms with van der Waals surface area (Å²) in [7, 11) is 0. The van der Waals surface area contributed by atoms with Crippen LogP contribution in [0.5, 0.6) is 11.6 Å². The molecule has 0 atom stereocenters. The van der Waals surface area contributed by atoms with Gasteiger partial charge in [0.15, 0.2) is 11.6 Å². The molecule has 1 aliphatic carbocycles. The van der Waals surface area contributed by atoms with Gasteiger partial charge in [-0.05, 0) is 36.6 Å². The third kappa shape index (κ3) is 3.24. The van der Waals surface area contributed by atoms with Gasteiger partial charge in [0.25, 0.3) is 11.8 Å². The standard InChI is InChI=1S/C18H16F3NO3/c1-17(20,21)18(6-7-18)12-2-4-13(5-3-12)25-16-14(19)8-11(9-22-16)15(24)10-23/h2-5,8-9,23H,6-7,10H2,1H3. The first-order valence-electron chi connectivity index (χ1n) is 7.73. The molecular formula is C18H16F3NO3. The van der Waals surface area contributed by atoms with E-state index in [1.54, 1.807) is 12.1 Å². The number of ketones is 1. The number of aliphatic hydroxyl groups excluding tert-OH is 1. The van der Waals surface area contributed by atoms with E-state index < -0.39 is 29.5 Å². The molecule has 132 valence electrons. The number of ether oxygens (including phenoxy) is 1. The summed E-state index contributed by atoms with van der Waals surface area (Å²) in [5, 5.41) is 8.75. The van der Waals surface area contributed by atoms with Gasteiger partial charge < -0.3 is 9.84 Å². The van der Waals surface area contributed by atoms with E-state index >= 15 is 0 Å². The Hall–Kier alpha value is -2.41. The fourth-order valence-electron chi connectivity index (χ4n) is 2.80. The molecule has 25 heavy (non-hydrogen) atoms. The van der Waals surface area contributed by atoms with Gasteiger partial charge in [-0.25, -0.2) is 18.2 Å². The molecule has 0 bridgehead atoms. The summed E-state index contributed by atoms with van der Waals surface area (Å²) in [6.07, 6.45) is 1.95. The number of aliphatic hydroxyl groups is 1. The van der Waals surface area contributed by atoms with Gasteiger partial charge in [-0.2, -0.15) is 0 Å². The second kappa shape index (κ2) is 6.15. The summed E-state index contributed by atoms with van der Waals surface area (Å²) in [6.45, 7) is 0.172. The maximum atomic E-state index is 13.9. The predicted octanol–water partition coefficient (Wildman–Crippen LogP) is 3.87. The third-order valence-corrected chi connectivity index (χ3v) is 4.48. The first kappa shape index (κ1) is 17.4. The Morgan fingerprint density at radius 2 is 1.96 bits per heavy atom.